The van der Waals surface area contributed by atoms with Crippen molar-refractivity contribution in [1.82, 2.24) is 4.98 Å². The minimum Gasteiger partial charge on any atom is -0.493 e. The number of aromatic carboxylic acids is 2. The molecule has 0 bridgehead atoms. The van der Waals surface area contributed by atoms with E-state index in [1.54, 1.807) is 0 Å². The highest BCUT2D eigenvalue weighted by Crippen LogP contribution is 2.37. The van der Waals surface area contributed by atoms with Crippen LogP contribution in [0, 0.1) is 0 Å². The van der Waals surface area contributed by atoms with Crippen LogP contribution >= 0.6 is 11.6 Å². The van der Waals surface area contributed by atoms with E-state index in [0.29, 0.717) is 6.61 Å². The first-order chi connectivity index (χ1) is 12.8. The van der Waals surface area contributed by atoms with Crippen LogP contribution in [0.25, 0.3) is 11.1 Å². The number of halogens is 1. The molecule has 144 valence electrons. The molecule has 0 amide bonds. The van der Waals surface area contributed by atoms with E-state index < -0.39 is 34.4 Å². The smallest absolute Gasteiger partial charge is 0.342 e. The van der Waals surface area contributed by atoms with Crippen LogP contribution in [-0.4, -0.2) is 33.7 Å². The van der Waals surface area contributed by atoms with Crippen molar-refractivity contribution in [3.8, 4) is 16.9 Å². The van der Waals surface area contributed by atoms with Crippen LogP contribution in [0.5, 0.6) is 5.75 Å². The molecule has 0 saturated carbocycles. The molecule has 0 atom stereocenters. The average molecular weight is 395 g/mol. The Morgan fingerprint density at radius 2 is 1.85 bits per heavy atom. The second-order valence-corrected chi connectivity index (χ2v) is 6.24. The van der Waals surface area contributed by atoms with E-state index in [9.17, 15) is 24.6 Å². The number of unbranched alkanes of at least 4 members (excludes halogenated alkanes) is 2. The molecule has 0 aliphatic rings. The topological polar surface area (TPSA) is 143 Å². The molecule has 8 nitrogen and oxygen atoms in total. The Bertz CT molecular complexity index is 938. The summed E-state index contributed by atoms with van der Waals surface area (Å²) in [5, 5.41) is 19.2. The lowest BCUT2D eigenvalue weighted by molar-refractivity contribution is 0.0695. The summed E-state index contributed by atoms with van der Waals surface area (Å²) in [6.45, 7) is 2.37. The number of rotatable bonds is 8. The minimum atomic E-state index is -1.59. The van der Waals surface area contributed by atoms with Gasteiger partial charge in [-0.2, -0.15) is 0 Å². The standard InChI is InChI=1S/C18H19ClN2O6/c1-2-3-4-7-27-11-6-5-9(19)8-10(11)12-13(17(23)24)15(20)21-16(22)14(12)18(25)26/h5-6,8H,2-4,7H2,1H3,(H,23,24)(H,25,26)(H3,20,21,22). The highest BCUT2D eigenvalue weighted by Gasteiger charge is 2.28. The van der Waals surface area contributed by atoms with Crippen molar-refractivity contribution >= 4 is 29.4 Å². The molecule has 0 aliphatic heterocycles. The third-order valence-electron chi connectivity index (χ3n) is 3.89. The number of hydrogen-bond donors (Lipinski definition) is 4. The second kappa shape index (κ2) is 8.59. The van der Waals surface area contributed by atoms with Crippen LogP contribution in [-0.2, 0) is 0 Å². The van der Waals surface area contributed by atoms with Crippen molar-refractivity contribution in [2.24, 2.45) is 0 Å². The summed E-state index contributed by atoms with van der Waals surface area (Å²) in [4.78, 5) is 37.6. The zero-order valence-corrected chi connectivity index (χ0v) is 15.3. The molecule has 2 rings (SSSR count). The maximum Gasteiger partial charge on any atom is 0.342 e. The summed E-state index contributed by atoms with van der Waals surface area (Å²) >= 11 is 6.03. The predicted molar refractivity (Wildman–Crippen MR) is 101 cm³/mol. The van der Waals surface area contributed by atoms with Crippen LogP contribution in [0.15, 0.2) is 23.0 Å². The Labute approximate surface area is 159 Å². The van der Waals surface area contributed by atoms with Gasteiger partial charge in [0.2, 0.25) is 0 Å². The summed E-state index contributed by atoms with van der Waals surface area (Å²) in [5.41, 5.74) is 3.09. The first-order valence-electron chi connectivity index (χ1n) is 8.23. The number of ether oxygens (including phenoxy) is 1. The Hall–Kier alpha value is -3.00. The van der Waals surface area contributed by atoms with Crippen molar-refractivity contribution in [1.29, 1.82) is 0 Å². The van der Waals surface area contributed by atoms with Gasteiger partial charge in [-0.05, 0) is 24.6 Å². The lowest BCUT2D eigenvalue weighted by Crippen LogP contribution is -2.24. The number of H-pyrrole nitrogens is 1. The number of nitrogens with two attached hydrogens (primary N) is 1. The van der Waals surface area contributed by atoms with E-state index in [1.807, 2.05) is 6.92 Å². The van der Waals surface area contributed by atoms with E-state index in [1.165, 1.54) is 18.2 Å². The van der Waals surface area contributed by atoms with Crippen molar-refractivity contribution in [2.75, 3.05) is 12.3 Å². The summed E-state index contributed by atoms with van der Waals surface area (Å²) in [5.74, 6) is -3.32. The van der Waals surface area contributed by atoms with Crippen molar-refractivity contribution < 1.29 is 24.5 Å². The molecular weight excluding hydrogens is 376 g/mol. The van der Waals surface area contributed by atoms with E-state index in [4.69, 9.17) is 22.1 Å². The van der Waals surface area contributed by atoms with E-state index >= 15 is 0 Å². The number of pyridine rings is 1. The summed E-state index contributed by atoms with van der Waals surface area (Å²) in [6, 6.07) is 4.37. The second-order valence-electron chi connectivity index (χ2n) is 5.80. The van der Waals surface area contributed by atoms with Crippen molar-refractivity contribution in [3.05, 3.63) is 44.7 Å². The number of benzene rings is 1. The SMILES string of the molecule is CCCCCOc1ccc(Cl)cc1-c1c(C(=O)O)c(N)[nH]c(=O)c1C(=O)O. The Morgan fingerprint density at radius 3 is 2.44 bits per heavy atom. The normalized spacial score (nSPS) is 10.6. The van der Waals surface area contributed by atoms with Crippen molar-refractivity contribution in [3.63, 3.8) is 0 Å². The molecule has 0 spiro atoms. The Morgan fingerprint density at radius 1 is 1.19 bits per heavy atom. The molecule has 1 aromatic heterocycles. The van der Waals surface area contributed by atoms with Gasteiger partial charge in [0, 0.05) is 16.1 Å². The number of carboxylic acids is 2. The molecule has 9 heteroatoms. The number of aromatic amines is 1. The number of aromatic nitrogens is 1. The van der Waals surface area contributed by atoms with Crippen molar-refractivity contribution in [2.45, 2.75) is 26.2 Å². The van der Waals surface area contributed by atoms with Crippen LogP contribution in [0.4, 0.5) is 5.82 Å². The van der Waals surface area contributed by atoms with Gasteiger partial charge in [0.1, 0.15) is 22.7 Å². The fourth-order valence-electron chi connectivity index (χ4n) is 2.67. The van der Waals surface area contributed by atoms with Gasteiger partial charge >= 0.3 is 11.9 Å². The molecule has 2 aromatic rings. The van der Waals surface area contributed by atoms with Gasteiger partial charge < -0.3 is 25.7 Å². The third-order valence-corrected chi connectivity index (χ3v) is 4.12. The quantitative estimate of drug-likeness (QED) is 0.503. The molecule has 1 aromatic carbocycles. The van der Waals surface area contributed by atoms with E-state index in [-0.39, 0.29) is 21.9 Å². The highest BCUT2D eigenvalue weighted by atomic mass is 35.5. The number of hydrogen-bond acceptors (Lipinski definition) is 5. The van der Waals surface area contributed by atoms with Gasteiger partial charge in [-0.25, -0.2) is 9.59 Å². The number of nitrogen functional groups attached to an aromatic ring is 1. The molecular formula is C18H19ClN2O6. The molecule has 0 radical (unpaired) electrons. The van der Waals surface area contributed by atoms with Gasteiger partial charge in [0.05, 0.1) is 6.61 Å². The fraction of sp³-hybridized carbons (Fsp3) is 0.278. The predicted octanol–water partition coefficient (Wildman–Crippen LogP) is 3.24. The molecule has 0 aliphatic carbocycles. The number of carbonyl (C=O) groups is 2. The number of nitrogens with one attached hydrogen (secondary N) is 1. The molecule has 0 unspecified atom stereocenters. The number of anilines is 1. The van der Waals surface area contributed by atoms with Crippen LogP contribution < -0.4 is 16.0 Å². The van der Waals surface area contributed by atoms with Crippen LogP contribution in [0.3, 0.4) is 0 Å². The van der Waals surface area contributed by atoms with E-state index in [2.05, 4.69) is 4.98 Å². The van der Waals surface area contributed by atoms with Gasteiger partial charge in [-0.1, -0.05) is 31.4 Å². The molecule has 5 N–H and O–H groups in total. The molecule has 0 fully saturated rings. The highest BCUT2D eigenvalue weighted by molar-refractivity contribution is 6.31. The Kier molecular flexibility index (Phi) is 6.46. The summed E-state index contributed by atoms with van der Waals surface area (Å²) in [7, 11) is 0. The van der Waals surface area contributed by atoms with Gasteiger partial charge in [0.25, 0.3) is 5.56 Å². The first-order valence-corrected chi connectivity index (χ1v) is 8.60. The zero-order chi connectivity index (χ0) is 20.1. The maximum absolute atomic E-state index is 12.2. The maximum atomic E-state index is 12.2. The van der Waals surface area contributed by atoms with E-state index in [0.717, 1.165) is 19.3 Å². The summed E-state index contributed by atoms with van der Waals surface area (Å²) in [6.07, 6.45) is 2.67. The molecule has 27 heavy (non-hydrogen) atoms. The third kappa shape index (κ3) is 4.40. The monoisotopic (exact) mass is 394 g/mol. The zero-order valence-electron chi connectivity index (χ0n) is 14.5. The Balaban J connectivity index is 2.76. The van der Waals surface area contributed by atoms with Gasteiger partial charge in [-0.3, -0.25) is 4.79 Å². The van der Waals surface area contributed by atoms with Crippen LogP contribution in [0.2, 0.25) is 5.02 Å². The molecule has 1 heterocycles. The molecule has 0 saturated heterocycles. The number of carboxylic acid groups (broad SMARTS) is 2. The van der Waals surface area contributed by atoms with Gasteiger partial charge in [-0.15, -0.1) is 0 Å². The average Bonchev–Trinajstić information content (AvgIpc) is 2.58. The van der Waals surface area contributed by atoms with Gasteiger partial charge in [0.15, 0.2) is 0 Å². The minimum absolute atomic E-state index is 0.0756. The lowest BCUT2D eigenvalue weighted by atomic mass is 9.94. The summed E-state index contributed by atoms with van der Waals surface area (Å²) < 4.78 is 5.70. The fourth-order valence-corrected chi connectivity index (χ4v) is 2.85. The lowest BCUT2D eigenvalue weighted by Gasteiger charge is -2.16. The largest absolute Gasteiger partial charge is 0.493 e. The van der Waals surface area contributed by atoms with Crippen LogP contribution in [0.1, 0.15) is 46.9 Å². The first kappa shape index (κ1) is 20.3.